The summed E-state index contributed by atoms with van der Waals surface area (Å²) in [5.41, 5.74) is 0.450. The highest BCUT2D eigenvalue weighted by atomic mass is 14.9. The second kappa shape index (κ2) is 6.44. The highest BCUT2D eigenvalue weighted by Gasteiger charge is 2.15. The summed E-state index contributed by atoms with van der Waals surface area (Å²) in [7, 11) is 0. The molecular formula is C13H29N. The number of hydrogen-bond acceptors (Lipinski definition) is 1. The van der Waals surface area contributed by atoms with Gasteiger partial charge in [0.1, 0.15) is 0 Å². The van der Waals surface area contributed by atoms with E-state index in [1.165, 1.54) is 19.3 Å². The average Bonchev–Trinajstić information content (AvgIpc) is 2.11. The first kappa shape index (κ1) is 14.0. The maximum Gasteiger partial charge on any atom is 0.00390 e. The molecule has 0 amide bonds. The first-order chi connectivity index (χ1) is 6.37. The molecule has 0 saturated carbocycles. The van der Waals surface area contributed by atoms with Crippen molar-refractivity contribution in [2.24, 2.45) is 11.3 Å². The normalized spacial score (nSPS) is 14.8. The van der Waals surface area contributed by atoms with Crippen molar-refractivity contribution in [1.29, 1.82) is 0 Å². The lowest BCUT2D eigenvalue weighted by atomic mass is 9.90. The average molecular weight is 199 g/mol. The molecule has 1 atom stereocenters. The van der Waals surface area contributed by atoms with E-state index in [4.69, 9.17) is 0 Å². The van der Waals surface area contributed by atoms with Crippen LogP contribution in [0.4, 0.5) is 0 Å². The molecule has 86 valence electrons. The Balaban J connectivity index is 3.58. The Morgan fingerprint density at radius 1 is 1.07 bits per heavy atom. The smallest absolute Gasteiger partial charge is 0.00390 e. The predicted molar refractivity (Wildman–Crippen MR) is 65.6 cm³/mol. The van der Waals surface area contributed by atoms with Gasteiger partial charge in [-0.25, -0.2) is 0 Å². The fraction of sp³-hybridized carbons (Fsp3) is 1.00. The van der Waals surface area contributed by atoms with Gasteiger partial charge in [-0.2, -0.15) is 0 Å². The van der Waals surface area contributed by atoms with Crippen molar-refractivity contribution in [1.82, 2.24) is 5.32 Å². The Kier molecular flexibility index (Phi) is 6.43. The summed E-state index contributed by atoms with van der Waals surface area (Å²) in [6.07, 6.45) is 3.88. The molecule has 0 bridgehead atoms. The van der Waals surface area contributed by atoms with Crippen molar-refractivity contribution in [3.63, 3.8) is 0 Å². The third kappa shape index (κ3) is 7.37. The van der Waals surface area contributed by atoms with Gasteiger partial charge in [-0.3, -0.25) is 0 Å². The molecular weight excluding hydrogens is 170 g/mol. The van der Waals surface area contributed by atoms with Gasteiger partial charge in [-0.15, -0.1) is 0 Å². The lowest BCUT2D eigenvalue weighted by molar-refractivity contribution is 0.304. The van der Waals surface area contributed by atoms with Crippen LogP contribution >= 0.6 is 0 Å². The third-order valence-electron chi connectivity index (χ3n) is 3.06. The number of nitrogens with one attached hydrogen (secondary N) is 1. The fourth-order valence-electron chi connectivity index (χ4n) is 1.26. The van der Waals surface area contributed by atoms with Crippen LogP contribution in [0.15, 0.2) is 0 Å². The van der Waals surface area contributed by atoms with E-state index < -0.39 is 0 Å². The molecule has 0 aliphatic rings. The molecule has 0 aromatic carbocycles. The summed E-state index contributed by atoms with van der Waals surface area (Å²) in [5, 5.41) is 3.63. The van der Waals surface area contributed by atoms with Crippen LogP contribution in [0, 0.1) is 11.3 Å². The summed E-state index contributed by atoms with van der Waals surface area (Å²) in [6.45, 7) is 15.0. The van der Waals surface area contributed by atoms with Crippen LogP contribution in [0.5, 0.6) is 0 Å². The van der Waals surface area contributed by atoms with Gasteiger partial charge in [0, 0.05) is 12.6 Å². The van der Waals surface area contributed by atoms with Crippen molar-refractivity contribution in [3.05, 3.63) is 0 Å². The number of rotatable bonds is 7. The Morgan fingerprint density at radius 3 is 2.07 bits per heavy atom. The molecule has 1 unspecified atom stereocenters. The van der Waals surface area contributed by atoms with E-state index in [2.05, 4.69) is 46.9 Å². The van der Waals surface area contributed by atoms with Crippen molar-refractivity contribution in [2.45, 2.75) is 66.8 Å². The van der Waals surface area contributed by atoms with Gasteiger partial charge in [-0.05, 0) is 37.5 Å². The third-order valence-corrected chi connectivity index (χ3v) is 3.06. The van der Waals surface area contributed by atoms with Crippen molar-refractivity contribution in [3.8, 4) is 0 Å². The molecule has 0 aliphatic carbocycles. The molecule has 0 aromatic rings. The standard InChI is InChI=1S/C13H29N/c1-7-13(5,6)10-14-12(4)9-8-11(2)3/h11-12,14H,7-10H2,1-6H3. The van der Waals surface area contributed by atoms with Crippen LogP contribution < -0.4 is 5.32 Å². The molecule has 0 aromatic heterocycles. The Hall–Kier alpha value is -0.0400. The molecule has 0 heterocycles. The summed E-state index contributed by atoms with van der Waals surface area (Å²) in [6, 6.07) is 0.670. The molecule has 14 heavy (non-hydrogen) atoms. The SMILES string of the molecule is CCC(C)(C)CNC(C)CCC(C)C. The molecule has 0 saturated heterocycles. The summed E-state index contributed by atoms with van der Waals surface area (Å²) in [5.74, 6) is 0.832. The quantitative estimate of drug-likeness (QED) is 0.657. The molecule has 1 N–H and O–H groups in total. The van der Waals surface area contributed by atoms with Gasteiger partial charge >= 0.3 is 0 Å². The lowest BCUT2D eigenvalue weighted by Gasteiger charge is -2.26. The fourth-order valence-corrected chi connectivity index (χ4v) is 1.26. The maximum atomic E-state index is 3.63. The van der Waals surface area contributed by atoms with Gasteiger partial charge in [-0.1, -0.05) is 34.6 Å². The molecule has 0 fully saturated rings. The van der Waals surface area contributed by atoms with Gasteiger partial charge in [0.25, 0.3) is 0 Å². The summed E-state index contributed by atoms with van der Waals surface area (Å²) in [4.78, 5) is 0. The molecule has 0 spiro atoms. The Labute approximate surface area is 90.7 Å². The van der Waals surface area contributed by atoms with Gasteiger partial charge in [0.2, 0.25) is 0 Å². The van der Waals surface area contributed by atoms with Crippen LogP contribution in [0.25, 0.3) is 0 Å². The minimum atomic E-state index is 0.450. The monoisotopic (exact) mass is 199 g/mol. The van der Waals surface area contributed by atoms with E-state index in [-0.39, 0.29) is 0 Å². The minimum Gasteiger partial charge on any atom is -0.314 e. The van der Waals surface area contributed by atoms with E-state index in [0.717, 1.165) is 12.5 Å². The maximum absolute atomic E-state index is 3.63. The zero-order chi connectivity index (χ0) is 11.2. The van der Waals surface area contributed by atoms with E-state index in [1.807, 2.05) is 0 Å². The largest absolute Gasteiger partial charge is 0.314 e. The second-order valence-corrected chi connectivity index (χ2v) is 5.77. The molecule has 1 heteroatoms. The minimum absolute atomic E-state index is 0.450. The first-order valence-electron chi connectivity index (χ1n) is 6.10. The number of hydrogen-bond donors (Lipinski definition) is 1. The molecule has 0 radical (unpaired) electrons. The Bertz CT molecular complexity index is 138. The van der Waals surface area contributed by atoms with Crippen LogP contribution in [0.3, 0.4) is 0 Å². The predicted octanol–water partition coefficient (Wildman–Crippen LogP) is 3.84. The van der Waals surface area contributed by atoms with Crippen LogP contribution in [-0.4, -0.2) is 12.6 Å². The van der Waals surface area contributed by atoms with E-state index in [9.17, 15) is 0 Å². The van der Waals surface area contributed by atoms with Gasteiger partial charge in [0.15, 0.2) is 0 Å². The van der Waals surface area contributed by atoms with Crippen molar-refractivity contribution < 1.29 is 0 Å². The Morgan fingerprint density at radius 2 is 1.64 bits per heavy atom. The van der Waals surface area contributed by atoms with E-state index in [0.29, 0.717) is 11.5 Å². The molecule has 0 aliphatic heterocycles. The summed E-state index contributed by atoms with van der Waals surface area (Å²) < 4.78 is 0. The van der Waals surface area contributed by atoms with Crippen LogP contribution in [0.2, 0.25) is 0 Å². The van der Waals surface area contributed by atoms with Crippen LogP contribution in [-0.2, 0) is 0 Å². The van der Waals surface area contributed by atoms with E-state index in [1.54, 1.807) is 0 Å². The van der Waals surface area contributed by atoms with E-state index >= 15 is 0 Å². The summed E-state index contributed by atoms with van der Waals surface area (Å²) >= 11 is 0. The van der Waals surface area contributed by atoms with Crippen molar-refractivity contribution in [2.75, 3.05) is 6.54 Å². The lowest BCUT2D eigenvalue weighted by Crippen LogP contribution is -2.35. The second-order valence-electron chi connectivity index (χ2n) is 5.77. The van der Waals surface area contributed by atoms with Crippen molar-refractivity contribution >= 4 is 0 Å². The zero-order valence-electron chi connectivity index (χ0n) is 11.0. The zero-order valence-corrected chi connectivity index (χ0v) is 11.0. The molecule has 0 rings (SSSR count). The van der Waals surface area contributed by atoms with Crippen LogP contribution in [0.1, 0.15) is 60.8 Å². The highest BCUT2D eigenvalue weighted by molar-refractivity contribution is 4.72. The topological polar surface area (TPSA) is 12.0 Å². The van der Waals surface area contributed by atoms with Gasteiger partial charge in [0.05, 0.1) is 0 Å². The van der Waals surface area contributed by atoms with Gasteiger partial charge < -0.3 is 5.32 Å². The molecule has 1 nitrogen and oxygen atoms in total. The highest BCUT2D eigenvalue weighted by Crippen LogP contribution is 2.18. The first-order valence-corrected chi connectivity index (χ1v) is 6.10.